The number of hydrogen-bond acceptors (Lipinski definition) is 4. The molecule has 4 nitrogen and oxygen atoms in total. The van der Waals surface area contributed by atoms with Crippen molar-refractivity contribution in [3.63, 3.8) is 0 Å². The van der Waals surface area contributed by atoms with Crippen LogP contribution in [0.15, 0.2) is 0 Å². The first kappa shape index (κ1) is 12.8. The van der Waals surface area contributed by atoms with Crippen molar-refractivity contribution >= 4 is 0 Å². The molecule has 0 aromatic heterocycles. The molecule has 0 saturated carbocycles. The zero-order chi connectivity index (χ0) is 10.1. The van der Waals surface area contributed by atoms with E-state index in [2.05, 4.69) is 0 Å². The van der Waals surface area contributed by atoms with Gasteiger partial charge in [0.05, 0.1) is 0 Å². The molecule has 0 spiro atoms. The lowest BCUT2D eigenvalue weighted by Gasteiger charge is -2.19. The highest BCUT2D eigenvalue weighted by Crippen LogP contribution is 1.98. The molecule has 13 heavy (non-hydrogen) atoms. The van der Waals surface area contributed by atoms with Crippen molar-refractivity contribution in [2.75, 3.05) is 41.5 Å². The van der Waals surface area contributed by atoms with Crippen molar-refractivity contribution < 1.29 is 14.2 Å². The number of nitrogens with zero attached hydrogens (tertiary/aromatic N) is 1. The molecule has 1 rings (SSSR count). The zero-order valence-corrected chi connectivity index (χ0v) is 9.08. The molecule has 0 aromatic carbocycles. The van der Waals surface area contributed by atoms with E-state index < -0.39 is 0 Å². The summed E-state index contributed by atoms with van der Waals surface area (Å²) >= 11 is 0. The van der Waals surface area contributed by atoms with Gasteiger partial charge in [-0.3, -0.25) is 4.90 Å². The van der Waals surface area contributed by atoms with Gasteiger partial charge in [0.2, 0.25) is 6.41 Å². The Morgan fingerprint density at radius 1 is 1.08 bits per heavy atom. The summed E-state index contributed by atoms with van der Waals surface area (Å²) in [5.41, 5.74) is 0. The Morgan fingerprint density at radius 3 is 1.62 bits per heavy atom. The molecular formula is C9H21NO3. The molecule has 1 heterocycles. The van der Waals surface area contributed by atoms with Crippen molar-refractivity contribution in [3.8, 4) is 0 Å². The maximum Gasteiger partial charge on any atom is 0.217 e. The van der Waals surface area contributed by atoms with Gasteiger partial charge >= 0.3 is 0 Å². The second-order valence-electron chi connectivity index (χ2n) is 3.06. The summed E-state index contributed by atoms with van der Waals surface area (Å²) in [6, 6.07) is 0. The molecule has 0 aromatic rings. The lowest BCUT2D eigenvalue weighted by atomic mass is 10.4. The maximum absolute atomic E-state index is 4.94. The van der Waals surface area contributed by atoms with Crippen molar-refractivity contribution in [3.05, 3.63) is 0 Å². The number of methoxy groups -OCH3 is 2. The molecule has 0 unspecified atom stereocenters. The van der Waals surface area contributed by atoms with Gasteiger partial charge in [0.25, 0.3) is 0 Å². The van der Waals surface area contributed by atoms with Gasteiger partial charge < -0.3 is 14.2 Å². The van der Waals surface area contributed by atoms with E-state index in [9.17, 15) is 0 Å². The summed E-state index contributed by atoms with van der Waals surface area (Å²) in [5, 5.41) is 0. The standard InChI is InChI=1S/C5H13NO2.C4H8O/c1-6(2)5(7-3)8-4;1-2-4-5-3-1/h5H,1-4H3;1-4H2. The normalized spacial score (nSPS) is 16.2. The number of rotatable bonds is 3. The van der Waals surface area contributed by atoms with Gasteiger partial charge in [-0.1, -0.05) is 0 Å². The topological polar surface area (TPSA) is 30.9 Å². The summed E-state index contributed by atoms with van der Waals surface area (Å²) in [6.45, 7) is 2.00. The van der Waals surface area contributed by atoms with Gasteiger partial charge in [0.1, 0.15) is 0 Å². The van der Waals surface area contributed by atoms with Crippen molar-refractivity contribution in [1.29, 1.82) is 0 Å². The van der Waals surface area contributed by atoms with E-state index in [1.807, 2.05) is 19.0 Å². The Hall–Kier alpha value is -0.160. The fourth-order valence-corrected chi connectivity index (χ4v) is 1.03. The second kappa shape index (κ2) is 8.44. The Bertz CT molecular complexity index is 93.4. The van der Waals surface area contributed by atoms with Crippen LogP contribution in [0.3, 0.4) is 0 Å². The van der Waals surface area contributed by atoms with Crippen molar-refractivity contribution in [2.24, 2.45) is 0 Å². The van der Waals surface area contributed by atoms with Gasteiger partial charge in [-0.2, -0.15) is 0 Å². The molecule has 80 valence electrons. The fourth-order valence-electron chi connectivity index (χ4n) is 1.03. The summed E-state index contributed by atoms with van der Waals surface area (Å²) in [7, 11) is 6.98. The summed E-state index contributed by atoms with van der Waals surface area (Å²) in [4.78, 5) is 1.83. The molecule has 4 heteroatoms. The van der Waals surface area contributed by atoms with E-state index in [1.165, 1.54) is 12.8 Å². The van der Waals surface area contributed by atoms with Gasteiger partial charge in [0.15, 0.2) is 0 Å². The fraction of sp³-hybridized carbons (Fsp3) is 1.00. The van der Waals surface area contributed by atoms with E-state index in [1.54, 1.807) is 14.2 Å². The highest BCUT2D eigenvalue weighted by molar-refractivity contribution is 4.43. The maximum atomic E-state index is 4.94. The molecule has 0 aliphatic carbocycles. The SMILES string of the molecule is C1CCOC1.COC(OC)N(C)C. The Kier molecular flexibility index (Phi) is 8.33. The van der Waals surface area contributed by atoms with Crippen molar-refractivity contribution in [2.45, 2.75) is 19.3 Å². The Labute approximate surface area is 80.8 Å². The highest BCUT2D eigenvalue weighted by atomic mass is 16.7. The van der Waals surface area contributed by atoms with Crippen LogP contribution in [0.5, 0.6) is 0 Å². The zero-order valence-electron chi connectivity index (χ0n) is 9.08. The first-order chi connectivity index (χ1) is 6.22. The molecule has 0 N–H and O–H groups in total. The highest BCUT2D eigenvalue weighted by Gasteiger charge is 2.04. The predicted molar refractivity (Wildman–Crippen MR) is 51.5 cm³/mol. The molecule has 0 radical (unpaired) electrons. The third-order valence-corrected chi connectivity index (χ3v) is 1.65. The summed E-state index contributed by atoms with van der Waals surface area (Å²) in [6.07, 6.45) is 2.34. The molecular weight excluding hydrogens is 170 g/mol. The second-order valence-corrected chi connectivity index (χ2v) is 3.06. The van der Waals surface area contributed by atoms with Gasteiger partial charge in [-0.05, 0) is 26.9 Å². The summed E-state index contributed by atoms with van der Waals surface area (Å²) in [5.74, 6) is 0. The predicted octanol–water partition coefficient (Wildman–Crippen LogP) is 0.921. The first-order valence-electron chi connectivity index (χ1n) is 4.52. The molecule has 0 atom stereocenters. The van der Waals surface area contributed by atoms with Crippen LogP contribution in [-0.4, -0.2) is 52.8 Å². The van der Waals surface area contributed by atoms with E-state index in [-0.39, 0.29) is 6.41 Å². The lowest BCUT2D eigenvalue weighted by molar-refractivity contribution is -0.179. The molecule has 1 aliphatic heterocycles. The molecule has 0 amide bonds. The molecule has 1 saturated heterocycles. The van der Waals surface area contributed by atoms with Crippen molar-refractivity contribution in [1.82, 2.24) is 4.90 Å². The van der Waals surface area contributed by atoms with Crippen LogP contribution < -0.4 is 0 Å². The lowest BCUT2D eigenvalue weighted by Crippen LogP contribution is -2.30. The van der Waals surface area contributed by atoms with E-state index in [4.69, 9.17) is 14.2 Å². The van der Waals surface area contributed by atoms with Crippen LogP contribution in [-0.2, 0) is 14.2 Å². The molecule has 0 bridgehead atoms. The monoisotopic (exact) mass is 191 g/mol. The Morgan fingerprint density at radius 2 is 1.54 bits per heavy atom. The van der Waals surface area contributed by atoms with Crippen LogP contribution in [0.1, 0.15) is 12.8 Å². The first-order valence-corrected chi connectivity index (χ1v) is 4.52. The quantitative estimate of drug-likeness (QED) is 0.621. The van der Waals surface area contributed by atoms with Crippen LogP contribution in [0, 0.1) is 0 Å². The molecule has 1 aliphatic rings. The summed E-state index contributed by atoms with van der Waals surface area (Å²) < 4.78 is 14.7. The Balaban J connectivity index is 0.000000243. The van der Waals surface area contributed by atoms with Gasteiger partial charge in [0, 0.05) is 27.4 Å². The number of hydrogen-bond donors (Lipinski definition) is 0. The third-order valence-electron chi connectivity index (χ3n) is 1.65. The third kappa shape index (κ3) is 6.95. The average molecular weight is 191 g/mol. The minimum Gasteiger partial charge on any atom is -0.381 e. The van der Waals surface area contributed by atoms with Crippen LogP contribution in [0.25, 0.3) is 0 Å². The van der Waals surface area contributed by atoms with Crippen LogP contribution in [0.2, 0.25) is 0 Å². The minimum atomic E-state index is -0.213. The largest absolute Gasteiger partial charge is 0.381 e. The van der Waals surface area contributed by atoms with E-state index in [0.29, 0.717) is 0 Å². The van der Waals surface area contributed by atoms with Gasteiger partial charge in [-0.25, -0.2) is 0 Å². The molecule has 1 fully saturated rings. The van der Waals surface area contributed by atoms with Gasteiger partial charge in [-0.15, -0.1) is 0 Å². The average Bonchev–Trinajstić information content (AvgIpc) is 2.62. The van der Waals surface area contributed by atoms with Crippen LogP contribution in [0.4, 0.5) is 0 Å². The van der Waals surface area contributed by atoms with E-state index >= 15 is 0 Å². The minimum absolute atomic E-state index is 0.213. The van der Waals surface area contributed by atoms with E-state index in [0.717, 1.165) is 13.2 Å². The number of ether oxygens (including phenoxy) is 3. The van der Waals surface area contributed by atoms with Crippen LogP contribution >= 0.6 is 0 Å². The smallest absolute Gasteiger partial charge is 0.217 e.